The van der Waals surface area contributed by atoms with Crippen molar-refractivity contribution < 1.29 is 33.3 Å². The van der Waals surface area contributed by atoms with Crippen LogP contribution in [0.4, 0.5) is 0 Å². The number of hydrogen-bond acceptors (Lipinski definition) is 3. The van der Waals surface area contributed by atoms with Crippen LogP contribution in [0, 0.1) is 0 Å². The van der Waals surface area contributed by atoms with Crippen LogP contribution in [-0.4, -0.2) is 25.1 Å². The fraction of sp³-hybridized carbons (Fsp3) is 0.261. The van der Waals surface area contributed by atoms with E-state index in [0.717, 1.165) is 18.8 Å². The van der Waals surface area contributed by atoms with E-state index in [-0.39, 0.29) is 24.0 Å². The minimum Gasteiger partial charge on any atom is -1.00 e. The van der Waals surface area contributed by atoms with Gasteiger partial charge in [-0.1, -0.05) is 41.7 Å². The highest BCUT2D eigenvalue weighted by Gasteiger charge is 2.24. The summed E-state index contributed by atoms with van der Waals surface area (Å²) in [6.45, 7) is 6.37. The number of ether oxygens (including phenoxy) is 1. The van der Waals surface area contributed by atoms with E-state index in [2.05, 4.69) is 84.3 Å². The number of halogens is 1. The molecule has 0 spiro atoms. The van der Waals surface area contributed by atoms with Crippen molar-refractivity contribution in [1.29, 1.82) is 0 Å². The summed E-state index contributed by atoms with van der Waals surface area (Å²) in [5, 5.41) is 3.49. The summed E-state index contributed by atoms with van der Waals surface area (Å²) in [6.07, 6.45) is 2.29. The minimum absolute atomic E-state index is 0. The Kier molecular flexibility index (Phi) is 8.51. The summed E-state index contributed by atoms with van der Waals surface area (Å²) in [5.41, 5.74) is 4.89. The molecule has 0 aliphatic carbocycles. The van der Waals surface area contributed by atoms with Crippen molar-refractivity contribution in [2.45, 2.75) is 13.8 Å². The van der Waals surface area contributed by atoms with E-state index in [1.54, 1.807) is 18.4 Å². The Labute approximate surface area is 189 Å². The lowest BCUT2D eigenvalue weighted by Gasteiger charge is -2.21. The second-order valence-electron chi connectivity index (χ2n) is 6.33. The van der Waals surface area contributed by atoms with Crippen molar-refractivity contribution in [3.63, 3.8) is 0 Å². The van der Waals surface area contributed by atoms with Gasteiger partial charge in [0.15, 0.2) is 0 Å². The van der Waals surface area contributed by atoms with E-state index in [9.17, 15) is 0 Å². The maximum absolute atomic E-state index is 5.29. The quantitative estimate of drug-likeness (QED) is 0.361. The van der Waals surface area contributed by atoms with Crippen molar-refractivity contribution >= 4 is 23.1 Å². The first-order valence-electron chi connectivity index (χ1n) is 9.31. The smallest absolute Gasteiger partial charge is 0.285 e. The third-order valence-electron chi connectivity index (χ3n) is 4.76. The van der Waals surface area contributed by atoms with Crippen LogP contribution in [-0.2, 0) is 7.05 Å². The standard InChI is InChI=1S/C23H27N2OS.HI/c1-5-25(6-2)21(16-18-10-8-7-9-11-18)23-24(3)22(17-27-23)19-12-14-20(26-4)15-13-19;/h7-17H,5-6H2,1-4H3;1H/q+1;/p-1/b21-16+;. The predicted molar refractivity (Wildman–Crippen MR) is 115 cm³/mol. The van der Waals surface area contributed by atoms with Gasteiger partial charge in [0.2, 0.25) is 5.69 Å². The molecule has 0 fully saturated rings. The Balaban J connectivity index is 0.00000280. The van der Waals surface area contributed by atoms with E-state index >= 15 is 0 Å². The molecule has 0 N–H and O–H groups in total. The van der Waals surface area contributed by atoms with Crippen LogP contribution in [0.15, 0.2) is 60.0 Å². The summed E-state index contributed by atoms with van der Waals surface area (Å²) in [5.74, 6) is 0.879. The van der Waals surface area contributed by atoms with Crippen molar-refractivity contribution in [3.8, 4) is 17.0 Å². The Morgan fingerprint density at radius 3 is 2.25 bits per heavy atom. The van der Waals surface area contributed by atoms with Gasteiger partial charge in [0.05, 0.1) is 12.5 Å². The van der Waals surface area contributed by atoms with Crippen LogP contribution in [0.1, 0.15) is 24.4 Å². The predicted octanol–water partition coefficient (Wildman–Crippen LogP) is 2.09. The minimum atomic E-state index is 0. The van der Waals surface area contributed by atoms with E-state index in [1.165, 1.54) is 27.5 Å². The molecule has 2 aromatic carbocycles. The van der Waals surface area contributed by atoms with E-state index in [4.69, 9.17) is 4.74 Å². The van der Waals surface area contributed by atoms with E-state index in [1.807, 2.05) is 12.1 Å². The molecule has 3 nitrogen and oxygen atoms in total. The van der Waals surface area contributed by atoms with Crippen LogP contribution in [0.2, 0.25) is 0 Å². The van der Waals surface area contributed by atoms with Crippen molar-refractivity contribution in [2.24, 2.45) is 7.05 Å². The number of hydrogen-bond donors (Lipinski definition) is 0. The zero-order chi connectivity index (χ0) is 19.2. The molecule has 0 aliphatic rings. The summed E-state index contributed by atoms with van der Waals surface area (Å²) in [6, 6.07) is 18.8. The molecular formula is C23H27IN2OS. The SMILES string of the molecule is CCN(CC)/C(=C/c1ccccc1)c1scc(-c2ccc(OC)cc2)[n+]1C.[I-]. The number of thiazole rings is 1. The third-order valence-corrected chi connectivity index (χ3v) is 5.81. The molecule has 0 amide bonds. The Morgan fingerprint density at radius 1 is 1.04 bits per heavy atom. The molecule has 1 aromatic heterocycles. The molecule has 28 heavy (non-hydrogen) atoms. The van der Waals surface area contributed by atoms with Gasteiger partial charge in [0.1, 0.15) is 18.5 Å². The second kappa shape index (κ2) is 10.6. The monoisotopic (exact) mass is 506 g/mol. The Bertz CT molecular complexity index is 900. The van der Waals surface area contributed by atoms with Gasteiger partial charge >= 0.3 is 0 Å². The summed E-state index contributed by atoms with van der Waals surface area (Å²) < 4.78 is 7.58. The Morgan fingerprint density at radius 2 is 1.68 bits per heavy atom. The fourth-order valence-corrected chi connectivity index (χ4v) is 4.28. The molecule has 3 aromatic rings. The van der Waals surface area contributed by atoms with E-state index < -0.39 is 0 Å². The lowest BCUT2D eigenvalue weighted by Crippen LogP contribution is -3.00. The third kappa shape index (κ3) is 4.94. The van der Waals surface area contributed by atoms with Gasteiger partial charge < -0.3 is 33.6 Å². The highest BCUT2D eigenvalue weighted by molar-refractivity contribution is 7.10. The van der Waals surface area contributed by atoms with Crippen LogP contribution in [0.25, 0.3) is 23.0 Å². The number of aromatic nitrogens is 1. The fourth-order valence-electron chi connectivity index (χ4n) is 3.19. The van der Waals surface area contributed by atoms with Gasteiger partial charge in [0, 0.05) is 18.7 Å². The second-order valence-corrected chi connectivity index (χ2v) is 7.18. The zero-order valence-electron chi connectivity index (χ0n) is 16.9. The van der Waals surface area contributed by atoms with Crippen LogP contribution in [0.3, 0.4) is 0 Å². The topological polar surface area (TPSA) is 16.4 Å². The van der Waals surface area contributed by atoms with Gasteiger partial charge in [-0.2, -0.15) is 4.57 Å². The maximum Gasteiger partial charge on any atom is 0.285 e. The summed E-state index contributed by atoms with van der Waals surface area (Å²) in [7, 11) is 3.84. The average Bonchev–Trinajstić information content (AvgIpc) is 3.10. The molecule has 0 unspecified atom stereocenters. The number of methoxy groups -OCH3 is 1. The summed E-state index contributed by atoms with van der Waals surface area (Å²) in [4.78, 5) is 2.41. The molecule has 0 saturated heterocycles. The lowest BCUT2D eigenvalue weighted by atomic mass is 10.1. The van der Waals surface area contributed by atoms with Crippen molar-refractivity contribution in [3.05, 3.63) is 70.5 Å². The molecular weight excluding hydrogens is 479 g/mol. The zero-order valence-corrected chi connectivity index (χ0v) is 19.8. The first-order valence-corrected chi connectivity index (χ1v) is 10.2. The molecule has 0 bridgehead atoms. The average molecular weight is 506 g/mol. The molecule has 1 heterocycles. The van der Waals surface area contributed by atoms with Crippen molar-refractivity contribution in [2.75, 3.05) is 20.2 Å². The first kappa shape index (κ1) is 22.4. The first-order chi connectivity index (χ1) is 13.2. The number of benzene rings is 2. The van der Waals surface area contributed by atoms with E-state index in [0.29, 0.717) is 0 Å². The van der Waals surface area contributed by atoms with Gasteiger partial charge in [-0.05, 0) is 49.8 Å². The number of rotatable bonds is 7. The van der Waals surface area contributed by atoms with Crippen LogP contribution in [0.5, 0.6) is 5.75 Å². The largest absolute Gasteiger partial charge is 1.00 e. The molecule has 5 heteroatoms. The highest BCUT2D eigenvalue weighted by Crippen LogP contribution is 2.28. The van der Waals surface area contributed by atoms with Gasteiger partial charge in [0.25, 0.3) is 5.01 Å². The molecule has 0 atom stereocenters. The molecule has 0 aliphatic heterocycles. The molecule has 148 valence electrons. The number of nitrogens with zero attached hydrogens (tertiary/aromatic N) is 2. The van der Waals surface area contributed by atoms with Gasteiger partial charge in [-0.3, -0.25) is 0 Å². The van der Waals surface area contributed by atoms with Crippen molar-refractivity contribution in [1.82, 2.24) is 4.90 Å². The Hall–Kier alpha value is -1.86. The van der Waals surface area contributed by atoms with Crippen LogP contribution >= 0.6 is 11.3 Å². The molecule has 0 saturated carbocycles. The van der Waals surface area contributed by atoms with Gasteiger partial charge in [-0.25, -0.2) is 0 Å². The van der Waals surface area contributed by atoms with Gasteiger partial charge in [-0.15, -0.1) is 0 Å². The normalized spacial score (nSPS) is 11.1. The molecule has 3 rings (SSSR count). The maximum atomic E-state index is 5.29. The molecule has 0 radical (unpaired) electrons. The lowest BCUT2D eigenvalue weighted by molar-refractivity contribution is -0.658. The van der Waals surface area contributed by atoms with Crippen LogP contribution < -0.4 is 33.3 Å². The highest BCUT2D eigenvalue weighted by atomic mass is 127. The summed E-state index contributed by atoms with van der Waals surface area (Å²) >= 11 is 1.79.